The first-order chi connectivity index (χ1) is 11.0. The number of carbonyl (C=O) groups excluding carboxylic acids is 1. The quantitative estimate of drug-likeness (QED) is 0.324. The number of ether oxygens (including phenoxy) is 1. The number of carbonyl (C=O) groups is 1. The van der Waals surface area contributed by atoms with Crippen molar-refractivity contribution in [3.05, 3.63) is 47.7 Å². The minimum absolute atomic E-state index is 0.210. The van der Waals surface area contributed by atoms with Crippen LogP contribution in [0.25, 0.3) is 0 Å². The molecular weight excluding hydrogens is 514 g/mol. The van der Waals surface area contributed by atoms with Crippen LogP contribution in [0.3, 0.4) is 0 Å². The van der Waals surface area contributed by atoms with Crippen molar-refractivity contribution < 1.29 is 25.4 Å². The zero-order valence-corrected chi connectivity index (χ0v) is 18.1. The summed E-state index contributed by atoms with van der Waals surface area (Å²) in [6.07, 6.45) is -2.34. The normalized spacial score (nSPS) is 16.8. The van der Waals surface area contributed by atoms with Crippen molar-refractivity contribution in [3.8, 4) is 0 Å². The van der Waals surface area contributed by atoms with Gasteiger partial charge in [0.1, 0.15) is 0 Å². The minimum atomic E-state index is -4.38. The van der Waals surface area contributed by atoms with Crippen LogP contribution in [0.2, 0.25) is 0 Å². The van der Waals surface area contributed by atoms with Crippen LogP contribution in [0.4, 0.5) is 13.2 Å². The molecule has 0 amide bonds. The van der Waals surface area contributed by atoms with Crippen molar-refractivity contribution in [1.82, 2.24) is 0 Å². The fourth-order valence-electron chi connectivity index (χ4n) is 2.48. The fourth-order valence-corrected chi connectivity index (χ4v) is 3.62. The molecule has 0 N–H and O–H groups in total. The Hall–Kier alpha value is -1.06. The van der Waals surface area contributed by atoms with Crippen LogP contribution in [0, 0.1) is 5.41 Å². The molecule has 24 heavy (non-hydrogen) atoms. The molecule has 2 rings (SSSR count). The molecule has 0 spiro atoms. The SMILES string of the molecule is C=C([O][Tl])C(C)(C)C(=O)OC1(c2ccc(C(F)(F)F)cc2)CCC1. The second-order valence-corrected chi connectivity index (χ2v) is 7.39. The van der Waals surface area contributed by atoms with Gasteiger partial charge in [-0.3, -0.25) is 0 Å². The Morgan fingerprint density at radius 2 is 1.75 bits per heavy atom. The van der Waals surface area contributed by atoms with E-state index in [4.69, 9.17) is 7.42 Å². The molecule has 0 bridgehead atoms. The predicted molar refractivity (Wildman–Crippen MR) is 82.8 cm³/mol. The Kier molecular flexibility index (Phi) is 5.37. The average molecular weight is 532 g/mol. The molecule has 0 saturated heterocycles. The third kappa shape index (κ3) is 3.62. The van der Waals surface area contributed by atoms with Gasteiger partial charge in [-0.25, -0.2) is 0 Å². The van der Waals surface area contributed by atoms with Gasteiger partial charge in [-0.15, -0.1) is 0 Å². The van der Waals surface area contributed by atoms with Crippen molar-refractivity contribution in [2.75, 3.05) is 0 Å². The number of hydrogen-bond donors (Lipinski definition) is 0. The number of benzene rings is 1. The monoisotopic (exact) mass is 532 g/mol. The van der Waals surface area contributed by atoms with Crippen LogP contribution in [0.5, 0.6) is 0 Å². The van der Waals surface area contributed by atoms with E-state index in [1.807, 2.05) is 0 Å². The molecule has 0 aliphatic heterocycles. The molecule has 0 aromatic heterocycles. The van der Waals surface area contributed by atoms with Crippen molar-refractivity contribution in [3.63, 3.8) is 0 Å². The van der Waals surface area contributed by atoms with Gasteiger partial charge in [0.2, 0.25) is 0 Å². The van der Waals surface area contributed by atoms with E-state index in [-0.39, 0.29) is 26.2 Å². The molecule has 0 unspecified atom stereocenters. The Morgan fingerprint density at radius 1 is 1.21 bits per heavy atom. The van der Waals surface area contributed by atoms with Gasteiger partial charge < -0.3 is 0 Å². The molecule has 0 heterocycles. The van der Waals surface area contributed by atoms with Crippen molar-refractivity contribution >= 4 is 32.2 Å². The van der Waals surface area contributed by atoms with Crippen LogP contribution in [0.15, 0.2) is 36.6 Å². The van der Waals surface area contributed by atoms with Crippen LogP contribution in [-0.2, 0) is 24.0 Å². The van der Waals surface area contributed by atoms with E-state index in [0.717, 1.165) is 18.6 Å². The van der Waals surface area contributed by atoms with Gasteiger partial charge in [-0.1, -0.05) is 0 Å². The summed E-state index contributed by atoms with van der Waals surface area (Å²) in [6, 6.07) is 4.83. The molecule has 3 nitrogen and oxygen atoms in total. The summed E-state index contributed by atoms with van der Waals surface area (Å²) in [6.45, 7) is 7.08. The number of rotatable bonds is 5. The maximum absolute atomic E-state index is 12.7. The Balaban J connectivity index is 2.24. The summed E-state index contributed by atoms with van der Waals surface area (Å²) in [7, 11) is 0. The molecule has 1 aromatic carbocycles. The molecular formula is C17H18F3O3Tl. The van der Waals surface area contributed by atoms with E-state index >= 15 is 0 Å². The van der Waals surface area contributed by atoms with Gasteiger partial charge in [-0.2, -0.15) is 0 Å². The summed E-state index contributed by atoms with van der Waals surface area (Å²) >= 11 is 0.210. The summed E-state index contributed by atoms with van der Waals surface area (Å²) in [5.74, 6) is -0.132. The maximum atomic E-state index is 12.7. The Bertz CT molecular complexity index is 631. The zero-order chi connectivity index (χ0) is 18.2. The molecule has 128 valence electrons. The van der Waals surface area contributed by atoms with E-state index in [1.165, 1.54) is 12.1 Å². The summed E-state index contributed by atoms with van der Waals surface area (Å²) in [5, 5.41) is 0. The number of alkyl halides is 3. The van der Waals surface area contributed by atoms with Gasteiger partial charge in [0.25, 0.3) is 0 Å². The van der Waals surface area contributed by atoms with Gasteiger partial charge in [-0.05, 0) is 0 Å². The number of halogens is 3. The van der Waals surface area contributed by atoms with Gasteiger partial charge >= 0.3 is 156 Å². The summed E-state index contributed by atoms with van der Waals surface area (Å²) in [5.41, 5.74) is -1.98. The molecule has 1 aliphatic carbocycles. The van der Waals surface area contributed by atoms with Crippen LogP contribution in [-0.4, -0.2) is 32.2 Å². The first-order valence-corrected chi connectivity index (χ1v) is 9.33. The van der Waals surface area contributed by atoms with Gasteiger partial charge in [0.15, 0.2) is 0 Å². The number of hydrogen-bond acceptors (Lipinski definition) is 3. The topological polar surface area (TPSA) is 35.5 Å². The van der Waals surface area contributed by atoms with E-state index in [1.54, 1.807) is 13.8 Å². The number of esters is 1. The van der Waals surface area contributed by atoms with Crippen molar-refractivity contribution in [2.24, 2.45) is 5.41 Å². The second-order valence-electron chi connectivity index (χ2n) is 6.48. The fraction of sp³-hybridized carbons (Fsp3) is 0.471. The molecule has 1 fully saturated rings. The predicted octanol–water partition coefficient (Wildman–Crippen LogP) is 4.27. The van der Waals surface area contributed by atoms with Crippen LogP contribution in [0.1, 0.15) is 44.2 Å². The van der Waals surface area contributed by atoms with Gasteiger partial charge in [0.05, 0.1) is 0 Å². The third-order valence-corrected chi connectivity index (χ3v) is 5.64. The zero-order valence-electron chi connectivity index (χ0n) is 13.6. The molecule has 0 radical (unpaired) electrons. The van der Waals surface area contributed by atoms with Crippen LogP contribution >= 0.6 is 0 Å². The molecule has 7 heteroatoms. The average Bonchev–Trinajstić information content (AvgIpc) is 2.48. The van der Waals surface area contributed by atoms with Crippen molar-refractivity contribution in [2.45, 2.75) is 44.9 Å². The Labute approximate surface area is 155 Å². The van der Waals surface area contributed by atoms with E-state index in [9.17, 15) is 18.0 Å². The molecule has 1 aliphatic rings. The van der Waals surface area contributed by atoms with E-state index in [2.05, 4.69) is 6.58 Å². The van der Waals surface area contributed by atoms with E-state index < -0.39 is 28.7 Å². The van der Waals surface area contributed by atoms with Crippen LogP contribution < -0.4 is 0 Å². The summed E-state index contributed by atoms with van der Waals surface area (Å²) < 4.78 is 49.0. The first kappa shape index (κ1) is 19.3. The molecule has 1 aromatic rings. The third-order valence-electron chi connectivity index (χ3n) is 4.54. The summed E-state index contributed by atoms with van der Waals surface area (Å²) in [4.78, 5) is 12.5. The van der Waals surface area contributed by atoms with Gasteiger partial charge in [0, 0.05) is 0 Å². The van der Waals surface area contributed by atoms with E-state index in [0.29, 0.717) is 24.2 Å². The second kappa shape index (κ2) is 6.68. The standard InChI is InChI=1S/C17H19F3O3.Tl/c1-11(21)15(2,3)14(22)23-16(9-4-10-16)12-5-7-13(8-6-12)17(18,19)20;/h5-8,21H,1,4,9-10H2,2-3H3;/q;+1/p-1. The van der Waals surface area contributed by atoms with Crippen molar-refractivity contribution in [1.29, 1.82) is 0 Å². The first-order valence-electron chi connectivity index (χ1n) is 7.50. The molecule has 1 saturated carbocycles. The Morgan fingerprint density at radius 3 is 2.12 bits per heavy atom. The molecule has 0 atom stereocenters.